The largest absolute Gasteiger partial charge is 0.305 e. The molecule has 1 heterocycles. The third-order valence-corrected chi connectivity index (χ3v) is 8.46. The molecular formula is C21H25ClN4O2S2. The van der Waals surface area contributed by atoms with Gasteiger partial charge in [-0.25, -0.2) is 8.42 Å². The lowest BCUT2D eigenvalue weighted by Crippen LogP contribution is -2.30. The number of aromatic nitrogens is 3. The molecule has 30 heavy (non-hydrogen) atoms. The number of benzene rings is 2. The van der Waals surface area contributed by atoms with E-state index in [1.54, 1.807) is 30.0 Å². The number of nitrogens with zero attached hydrogens (tertiary/aromatic N) is 4. The summed E-state index contributed by atoms with van der Waals surface area (Å²) in [4.78, 5) is 0.255. The van der Waals surface area contributed by atoms with Crippen molar-refractivity contribution in [2.75, 3.05) is 13.1 Å². The van der Waals surface area contributed by atoms with E-state index in [0.717, 1.165) is 10.7 Å². The fraction of sp³-hybridized carbons (Fsp3) is 0.333. The first kappa shape index (κ1) is 22.8. The van der Waals surface area contributed by atoms with E-state index in [4.69, 9.17) is 11.6 Å². The second-order valence-electron chi connectivity index (χ2n) is 6.76. The van der Waals surface area contributed by atoms with Gasteiger partial charge in [0.05, 0.1) is 4.90 Å². The summed E-state index contributed by atoms with van der Waals surface area (Å²) >= 11 is 7.87. The number of sulfonamides is 1. The molecule has 3 rings (SSSR count). The summed E-state index contributed by atoms with van der Waals surface area (Å²) in [5.41, 5.74) is 1.73. The standard InChI is InChI=1S/C21H25ClN4O2S2/c1-5-26(6-2)30(27,28)17-11-9-10-16(14-17)20-23-24-21(25(20)4)29-15(3)18-12-7-8-13-19(18)22/h7-15H,5-6H2,1-4H3. The van der Waals surface area contributed by atoms with Gasteiger partial charge >= 0.3 is 0 Å². The highest BCUT2D eigenvalue weighted by Crippen LogP contribution is 2.37. The molecule has 0 fully saturated rings. The van der Waals surface area contributed by atoms with E-state index in [9.17, 15) is 8.42 Å². The van der Waals surface area contributed by atoms with Gasteiger partial charge in [0, 0.05) is 36.0 Å². The molecule has 0 aliphatic carbocycles. The number of hydrogen-bond donors (Lipinski definition) is 0. The predicted octanol–water partition coefficient (Wildman–Crippen LogP) is 5.02. The smallest absolute Gasteiger partial charge is 0.243 e. The Labute approximate surface area is 187 Å². The molecule has 2 aromatic carbocycles. The van der Waals surface area contributed by atoms with Crippen molar-refractivity contribution in [1.29, 1.82) is 0 Å². The fourth-order valence-electron chi connectivity index (χ4n) is 3.20. The van der Waals surface area contributed by atoms with Crippen molar-refractivity contribution in [2.24, 2.45) is 7.05 Å². The molecule has 0 N–H and O–H groups in total. The Hall–Kier alpha value is -1.87. The lowest BCUT2D eigenvalue weighted by molar-refractivity contribution is 0.445. The third-order valence-electron chi connectivity index (χ3n) is 4.90. The van der Waals surface area contributed by atoms with Crippen LogP contribution in [-0.4, -0.2) is 40.6 Å². The van der Waals surface area contributed by atoms with Crippen LogP contribution < -0.4 is 0 Å². The minimum absolute atomic E-state index is 0.0869. The zero-order valence-corrected chi connectivity index (χ0v) is 19.8. The first-order valence-corrected chi connectivity index (χ1v) is 12.4. The van der Waals surface area contributed by atoms with Gasteiger partial charge in [0.2, 0.25) is 10.0 Å². The second kappa shape index (κ2) is 9.51. The molecule has 0 aliphatic heterocycles. The Morgan fingerprint density at radius 3 is 2.47 bits per heavy atom. The minimum atomic E-state index is -3.54. The molecule has 1 unspecified atom stereocenters. The van der Waals surface area contributed by atoms with Gasteiger partial charge in [-0.15, -0.1) is 10.2 Å². The van der Waals surface area contributed by atoms with Crippen LogP contribution in [0.4, 0.5) is 0 Å². The summed E-state index contributed by atoms with van der Waals surface area (Å²) in [6, 6.07) is 14.6. The quantitative estimate of drug-likeness (QED) is 0.438. The van der Waals surface area contributed by atoms with Crippen LogP contribution in [0.5, 0.6) is 0 Å². The zero-order valence-electron chi connectivity index (χ0n) is 17.4. The average molecular weight is 465 g/mol. The molecule has 160 valence electrons. The van der Waals surface area contributed by atoms with Gasteiger partial charge in [-0.05, 0) is 30.7 Å². The number of thioether (sulfide) groups is 1. The van der Waals surface area contributed by atoms with Gasteiger partial charge in [-0.2, -0.15) is 4.31 Å². The van der Waals surface area contributed by atoms with Crippen LogP contribution in [0.15, 0.2) is 58.6 Å². The molecular weight excluding hydrogens is 440 g/mol. The van der Waals surface area contributed by atoms with Crippen LogP contribution >= 0.6 is 23.4 Å². The van der Waals surface area contributed by atoms with Crippen LogP contribution in [0.1, 0.15) is 31.6 Å². The maximum absolute atomic E-state index is 12.9. The molecule has 0 saturated carbocycles. The maximum atomic E-state index is 12.9. The van der Waals surface area contributed by atoms with E-state index >= 15 is 0 Å². The monoisotopic (exact) mass is 464 g/mol. The number of halogens is 1. The Morgan fingerprint density at radius 2 is 1.80 bits per heavy atom. The van der Waals surface area contributed by atoms with Gasteiger partial charge in [0.15, 0.2) is 11.0 Å². The summed E-state index contributed by atoms with van der Waals surface area (Å²) in [5, 5.41) is 10.2. The molecule has 0 amide bonds. The van der Waals surface area contributed by atoms with Crippen molar-refractivity contribution in [3.63, 3.8) is 0 Å². The van der Waals surface area contributed by atoms with Crippen molar-refractivity contribution < 1.29 is 8.42 Å². The summed E-state index contributed by atoms with van der Waals surface area (Å²) in [5.74, 6) is 0.612. The normalized spacial score (nSPS) is 13.0. The van der Waals surface area contributed by atoms with Gasteiger partial charge < -0.3 is 4.57 Å². The van der Waals surface area contributed by atoms with Crippen LogP contribution in [0.2, 0.25) is 5.02 Å². The first-order chi connectivity index (χ1) is 14.3. The molecule has 0 saturated heterocycles. The zero-order chi connectivity index (χ0) is 21.9. The van der Waals surface area contributed by atoms with Crippen LogP contribution in [-0.2, 0) is 17.1 Å². The average Bonchev–Trinajstić information content (AvgIpc) is 3.09. The van der Waals surface area contributed by atoms with E-state index < -0.39 is 10.0 Å². The lowest BCUT2D eigenvalue weighted by atomic mass is 10.2. The summed E-state index contributed by atoms with van der Waals surface area (Å²) < 4.78 is 29.1. The molecule has 0 bridgehead atoms. The summed E-state index contributed by atoms with van der Waals surface area (Å²) in [7, 11) is -1.66. The van der Waals surface area contributed by atoms with E-state index in [1.165, 1.54) is 4.31 Å². The highest BCUT2D eigenvalue weighted by molar-refractivity contribution is 7.99. The van der Waals surface area contributed by atoms with Gasteiger partial charge in [-0.1, -0.05) is 67.5 Å². The first-order valence-electron chi connectivity index (χ1n) is 9.70. The molecule has 0 radical (unpaired) electrons. The summed E-state index contributed by atoms with van der Waals surface area (Å²) in [6.45, 7) is 6.58. The molecule has 1 aromatic heterocycles. The Kier molecular flexibility index (Phi) is 7.23. The van der Waals surface area contributed by atoms with Gasteiger partial charge in [0.25, 0.3) is 0 Å². The van der Waals surface area contributed by atoms with Gasteiger partial charge in [-0.3, -0.25) is 0 Å². The van der Waals surface area contributed by atoms with Crippen molar-refractivity contribution in [2.45, 2.75) is 36.1 Å². The topological polar surface area (TPSA) is 68.1 Å². The third kappa shape index (κ3) is 4.56. The van der Waals surface area contributed by atoms with E-state index in [0.29, 0.717) is 29.5 Å². The van der Waals surface area contributed by atoms with Crippen LogP contribution in [0.3, 0.4) is 0 Å². The molecule has 0 aliphatic rings. The van der Waals surface area contributed by atoms with Gasteiger partial charge in [0.1, 0.15) is 0 Å². The van der Waals surface area contributed by atoms with Crippen LogP contribution in [0.25, 0.3) is 11.4 Å². The second-order valence-corrected chi connectivity index (χ2v) is 10.4. The Balaban J connectivity index is 1.90. The van der Waals surface area contributed by atoms with Crippen molar-refractivity contribution in [1.82, 2.24) is 19.1 Å². The maximum Gasteiger partial charge on any atom is 0.243 e. The SMILES string of the molecule is CCN(CC)S(=O)(=O)c1cccc(-c2nnc(SC(C)c3ccccc3Cl)n2C)c1. The molecule has 0 spiro atoms. The number of hydrogen-bond acceptors (Lipinski definition) is 5. The highest BCUT2D eigenvalue weighted by atomic mass is 35.5. The minimum Gasteiger partial charge on any atom is -0.305 e. The van der Waals surface area contributed by atoms with Crippen LogP contribution in [0, 0.1) is 0 Å². The van der Waals surface area contributed by atoms with E-state index in [-0.39, 0.29) is 10.1 Å². The van der Waals surface area contributed by atoms with Crippen molar-refractivity contribution >= 4 is 33.4 Å². The van der Waals surface area contributed by atoms with E-state index in [2.05, 4.69) is 17.1 Å². The fourth-order valence-corrected chi connectivity index (χ4v) is 6.05. The van der Waals surface area contributed by atoms with E-state index in [1.807, 2.05) is 55.8 Å². The Morgan fingerprint density at radius 1 is 1.10 bits per heavy atom. The molecule has 3 aromatic rings. The summed E-state index contributed by atoms with van der Waals surface area (Å²) in [6.07, 6.45) is 0. The molecule has 1 atom stereocenters. The number of rotatable bonds is 8. The Bertz CT molecular complexity index is 1130. The molecule has 6 nitrogen and oxygen atoms in total. The predicted molar refractivity (Wildman–Crippen MR) is 122 cm³/mol. The highest BCUT2D eigenvalue weighted by Gasteiger charge is 2.23. The van der Waals surface area contributed by atoms with Crippen molar-refractivity contribution in [3.8, 4) is 11.4 Å². The van der Waals surface area contributed by atoms with Crippen molar-refractivity contribution in [3.05, 3.63) is 59.1 Å². The molecule has 9 heteroatoms. The lowest BCUT2D eigenvalue weighted by Gasteiger charge is -2.18.